The van der Waals surface area contributed by atoms with Crippen molar-refractivity contribution in [3.63, 3.8) is 0 Å². The lowest BCUT2D eigenvalue weighted by Gasteiger charge is -2.33. The Morgan fingerprint density at radius 3 is 2.47 bits per heavy atom. The third kappa shape index (κ3) is 3.11. The molecule has 0 saturated carbocycles. The molecule has 0 unspecified atom stereocenters. The number of carboxylic acid groups (broad SMARTS) is 1. The molecule has 0 spiro atoms. The number of nitrogens with zero attached hydrogens (tertiary/aromatic N) is 2. The number of rotatable bonds is 2. The van der Waals surface area contributed by atoms with Crippen LogP contribution in [0.15, 0.2) is 24.3 Å². The number of halogens is 1. The monoisotopic (exact) mass is 254 g/mol. The molecule has 0 aromatic heterocycles. The van der Waals surface area contributed by atoms with Crippen LogP contribution in [0.2, 0.25) is 5.02 Å². The average molecular weight is 255 g/mol. The molecule has 1 amide bonds. The first kappa shape index (κ1) is 12.2. The summed E-state index contributed by atoms with van der Waals surface area (Å²) in [6.45, 7) is 3.45. The predicted octanol–water partition coefficient (Wildman–Crippen LogP) is 2.14. The maximum atomic E-state index is 10.8. The van der Waals surface area contributed by atoms with Crippen LogP contribution in [0.4, 0.5) is 4.79 Å². The van der Waals surface area contributed by atoms with E-state index in [-0.39, 0.29) is 0 Å². The molecular weight excluding hydrogens is 240 g/mol. The van der Waals surface area contributed by atoms with Gasteiger partial charge in [0.2, 0.25) is 0 Å². The van der Waals surface area contributed by atoms with Crippen molar-refractivity contribution in [3.05, 3.63) is 34.9 Å². The Labute approximate surface area is 105 Å². The molecular formula is C12H15ClN2O2. The smallest absolute Gasteiger partial charge is 0.407 e. The molecule has 1 heterocycles. The third-order valence-electron chi connectivity index (χ3n) is 2.99. The number of piperazine rings is 1. The molecule has 92 valence electrons. The van der Waals surface area contributed by atoms with Crippen molar-refractivity contribution in [2.75, 3.05) is 26.2 Å². The lowest BCUT2D eigenvalue weighted by atomic mass is 10.2. The first-order valence-electron chi connectivity index (χ1n) is 5.60. The van der Waals surface area contributed by atoms with E-state index in [9.17, 15) is 4.79 Å². The number of hydrogen-bond acceptors (Lipinski definition) is 2. The van der Waals surface area contributed by atoms with Crippen LogP contribution in [0.3, 0.4) is 0 Å². The lowest BCUT2D eigenvalue weighted by molar-refractivity contribution is 0.103. The van der Waals surface area contributed by atoms with Crippen LogP contribution in [0, 0.1) is 0 Å². The number of hydrogen-bond donors (Lipinski definition) is 1. The number of carbonyl (C=O) groups is 1. The molecule has 5 heteroatoms. The fourth-order valence-electron chi connectivity index (χ4n) is 1.96. The third-order valence-corrected chi connectivity index (χ3v) is 3.36. The highest BCUT2D eigenvalue weighted by atomic mass is 35.5. The van der Waals surface area contributed by atoms with Crippen molar-refractivity contribution in [3.8, 4) is 0 Å². The highest BCUT2D eigenvalue weighted by Gasteiger charge is 2.20. The van der Waals surface area contributed by atoms with E-state index in [1.165, 1.54) is 4.90 Å². The maximum absolute atomic E-state index is 10.8. The minimum Gasteiger partial charge on any atom is -0.465 e. The van der Waals surface area contributed by atoms with Gasteiger partial charge in [-0.2, -0.15) is 0 Å². The fourth-order valence-corrected chi connectivity index (χ4v) is 2.16. The molecule has 4 nitrogen and oxygen atoms in total. The average Bonchev–Trinajstić information content (AvgIpc) is 2.33. The van der Waals surface area contributed by atoms with Crippen molar-refractivity contribution in [1.29, 1.82) is 0 Å². The predicted molar refractivity (Wildman–Crippen MR) is 66.3 cm³/mol. The largest absolute Gasteiger partial charge is 0.465 e. The van der Waals surface area contributed by atoms with E-state index in [1.807, 2.05) is 24.3 Å². The summed E-state index contributed by atoms with van der Waals surface area (Å²) in [5, 5.41) is 9.62. The minimum absolute atomic E-state index is 0.569. The van der Waals surface area contributed by atoms with Gasteiger partial charge in [-0.1, -0.05) is 29.8 Å². The van der Waals surface area contributed by atoms with Gasteiger partial charge in [-0.25, -0.2) is 4.79 Å². The summed E-state index contributed by atoms with van der Waals surface area (Å²) in [4.78, 5) is 14.4. The second kappa shape index (κ2) is 5.38. The Morgan fingerprint density at radius 2 is 1.88 bits per heavy atom. The van der Waals surface area contributed by atoms with Crippen LogP contribution in [0.5, 0.6) is 0 Å². The van der Waals surface area contributed by atoms with E-state index in [2.05, 4.69) is 4.90 Å². The highest BCUT2D eigenvalue weighted by molar-refractivity contribution is 6.31. The van der Waals surface area contributed by atoms with E-state index in [0.29, 0.717) is 13.1 Å². The Bertz CT molecular complexity index is 403. The van der Waals surface area contributed by atoms with Gasteiger partial charge in [0.15, 0.2) is 0 Å². The van der Waals surface area contributed by atoms with Gasteiger partial charge >= 0.3 is 6.09 Å². The SMILES string of the molecule is O=C(O)N1CCN(Cc2ccccc2Cl)CC1. The van der Waals surface area contributed by atoms with E-state index in [0.717, 1.165) is 30.2 Å². The minimum atomic E-state index is -0.831. The van der Waals surface area contributed by atoms with Crippen LogP contribution in [0.1, 0.15) is 5.56 Å². The Hall–Kier alpha value is -1.26. The molecule has 1 aromatic rings. The first-order valence-corrected chi connectivity index (χ1v) is 5.98. The summed E-state index contributed by atoms with van der Waals surface area (Å²) in [5.41, 5.74) is 1.10. The topological polar surface area (TPSA) is 43.8 Å². The lowest BCUT2D eigenvalue weighted by Crippen LogP contribution is -2.47. The second-order valence-electron chi connectivity index (χ2n) is 4.14. The second-order valence-corrected chi connectivity index (χ2v) is 4.54. The van der Waals surface area contributed by atoms with Crippen molar-refractivity contribution in [2.45, 2.75) is 6.54 Å². The summed E-state index contributed by atoms with van der Waals surface area (Å²) in [5.74, 6) is 0. The molecule has 0 bridgehead atoms. The number of benzene rings is 1. The Kier molecular flexibility index (Phi) is 3.86. The van der Waals surface area contributed by atoms with Gasteiger partial charge in [0, 0.05) is 37.7 Å². The van der Waals surface area contributed by atoms with Crippen molar-refractivity contribution < 1.29 is 9.90 Å². The maximum Gasteiger partial charge on any atom is 0.407 e. The summed E-state index contributed by atoms with van der Waals surface area (Å²) in [7, 11) is 0. The quantitative estimate of drug-likeness (QED) is 0.879. The van der Waals surface area contributed by atoms with Gasteiger partial charge in [-0.3, -0.25) is 4.90 Å². The van der Waals surface area contributed by atoms with Gasteiger partial charge in [-0.05, 0) is 11.6 Å². The standard InChI is InChI=1S/C12H15ClN2O2/c13-11-4-2-1-3-10(11)9-14-5-7-15(8-6-14)12(16)17/h1-4H,5-9H2,(H,16,17). The summed E-state index contributed by atoms with van der Waals surface area (Å²) in [6.07, 6.45) is -0.831. The molecule has 1 fully saturated rings. The zero-order valence-electron chi connectivity index (χ0n) is 9.47. The molecule has 1 aliphatic heterocycles. The zero-order valence-corrected chi connectivity index (χ0v) is 10.2. The van der Waals surface area contributed by atoms with Gasteiger partial charge in [0.25, 0.3) is 0 Å². The van der Waals surface area contributed by atoms with Gasteiger partial charge < -0.3 is 10.0 Å². The number of amides is 1. The molecule has 1 aromatic carbocycles. The first-order chi connectivity index (χ1) is 8.16. The van der Waals surface area contributed by atoms with Crippen molar-refractivity contribution in [2.24, 2.45) is 0 Å². The molecule has 2 rings (SSSR count). The normalized spacial score (nSPS) is 17.1. The van der Waals surface area contributed by atoms with Crippen LogP contribution >= 0.6 is 11.6 Å². The van der Waals surface area contributed by atoms with Gasteiger partial charge in [0.1, 0.15) is 0 Å². The molecule has 0 radical (unpaired) electrons. The molecule has 1 N–H and O–H groups in total. The molecule has 1 aliphatic rings. The summed E-state index contributed by atoms with van der Waals surface area (Å²) >= 11 is 6.09. The Balaban J connectivity index is 1.90. The van der Waals surface area contributed by atoms with E-state index in [1.54, 1.807) is 0 Å². The zero-order chi connectivity index (χ0) is 12.3. The van der Waals surface area contributed by atoms with Gasteiger partial charge in [-0.15, -0.1) is 0 Å². The van der Waals surface area contributed by atoms with Crippen molar-refractivity contribution >= 4 is 17.7 Å². The van der Waals surface area contributed by atoms with Gasteiger partial charge in [0.05, 0.1) is 0 Å². The van der Waals surface area contributed by atoms with Crippen molar-refractivity contribution in [1.82, 2.24) is 9.80 Å². The fraction of sp³-hybridized carbons (Fsp3) is 0.417. The molecule has 0 aliphatic carbocycles. The molecule has 0 atom stereocenters. The molecule has 17 heavy (non-hydrogen) atoms. The summed E-state index contributed by atoms with van der Waals surface area (Å²) in [6, 6.07) is 7.76. The Morgan fingerprint density at radius 1 is 1.24 bits per heavy atom. The summed E-state index contributed by atoms with van der Waals surface area (Å²) < 4.78 is 0. The van der Waals surface area contributed by atoms with E-state index >= 15 is 0 Å². The van der Waals surface area contributed by atoms with Crippen LogP contribution in [-0.4, -0.2) is 47.2 Å². The molecule has 1 saturated heterocycles. The van der Waals surface area contributed by atoms with E-state index in [4.69, 9.17) is 16.7 Å². The van der Waals surface area contributed by atoms with E-state index < -0.39 is 6.09 Å². The van der Waals surface area contributed by atoms with Crippen LogP contribution in [0.25, 0.3) is 0 Å². The van der Waals surface area contributed by atoms with Crippen LogP contribution < -0.4 is 0 Å². The highest BCUT2D eigenvalue weighted by Crippen LogP contribution is 2.17. The van der Waals surface area contributed by atoms with Crippen LogP contribution in [-0.2, 0) is 6.54 Å².